The molecule has 0 atom stereocenters. The molecule has 9 heteroatoms. The van der Waals surface area contributed by atoms with E-state index in [9.17, 15) is 8.78 Å². The summed E-state index contributed by atoms with van der Waals surface area (Å²) in [5.74, 6) is 1.54. The molecule has 7 nitrogen and oxygen atoms in total. The van der Waals surface area contributed by atoms with Crippen molar-refractivity contribution in [1.29, 1.82) is 0 Å². The molecule has 3 N–H and O–H groups in total. The molecular formula is C14H21F2N7. The Morgan fingerprint density at radius 2 is 2.17 bits per heavy atom. The number of halogens is 2. The fraction of sp³-hybridized carbons (Fsp3) is 0.500. The molecule has 0 aliphatic heterocycles. The van der Waals surface area contributed by atoms with Crippen LogP contribution in [0.25, 0.3) is 0 Å². The highest BCUT2D eigenvalue weighted by Crippen LogP contribution is 2.19. The fourth-order valence-corrected chi connectivity index (χ4v) is 2.07. The number of aromatic nitrogens is 4. The van der Waals surface area contributed by atoms with Gasteiger partial charge in [-0.1, -0.05) is 13.3 Å². The highest BCUT2D eigenvalue weighted by Gasteiger charge is 2.15. The lowest BCUT2D eigenvalue weighted by Crippen LogP contribution is -2.22. The molecule has 0 aromatic carbocycles. The van der Waals surface area contributed by atoms with E-state index in [-0.39, 0.29) is 18.3 Å². The van der Waals surface area contributed by atoms with Gasteiger partial charge in [0.25, 0.3) is 0 Å². The molecule has 2 aromatic heterocycles. The Labute approximate surface area is 133 Å². The van der Waals surface area contributed by atoms with E-state index < -0.39 is 6.55 Å². The number of unbranched alkanes of at least 4 members (excludes halogenated alkanes) is 1. The summed E-state index contributed by atoms with van der Waals surface area (Å²) in [5, 5.41) is 3.17. The van der Waals surface area contributed by atoms with Crippen LogP contribution in [-0.2, 0) is 6.54 Å². The average molecular weight is 325 g/mol. The molecule has 0 aliphatic carbocycles. The van der Waals surface area contributed by atoms with Gasteiger partial charge in [0.05, 0.1) is 6.54 Å². The Hall–Kier alpha value is -2.45. The van der Waals surface area contributed by atoms with E-state index in [0.717, 1.165) is 24.0 Å². The minimum Gasteiger partial charge on any atom is -0.370 e. The molecule has 0 bridgehead atoms. The van der Waals surface area contributed by atoms with Gasteiger partial charge in [0.2, 0.25) is 5.95 Å². The fourth-order valence-electron chi connectivity index (χ4n) is 2.07. The van der Waals surface area contributed by atoms with Crippen LogP contribution in [0.1, 0.15) is 32.1 Å². The molecule has 0 aliphatic rings. The standard InChI is InChI=1S/C14H21F2N7/c1-3-4-5-18-10-8-11(21-14(17)20-10)22(2)9-12-19-6-7-23(12)13(15)16/h6-8,13H,3-5,9H2,1-2H3,(H3,17,18,20,21). The van der Waals surface area contributed by atoms with E-state index in [0.29, 0.717) is 11.6 Å². The number of anilines is 3. The van der Waals surface area contributed by atoms with Crippen LogP contribution in [-0.4, -0.2) is 33.1 Å². The minimum atomic E-state index is -2.62. The molecule has 0 fully saturated rings. The number of alkyl halides is 2. The van der Waals surface area contributed by atoms with Crippen molar-refractivity contribution in [2.75, 3.05) is 29.5 Å². The largest absolute Gasteiger partial charge is 0.370 e. The summed E-state index contributed by atoms with van der Waals surface area (Å²) < 4.78 is 26.5. The second kappa shape index (κ2) is 7.70. The smallest absolute Gasteiger partial charge is 0.319 e. The van der Waals surface area contributed by atoms with Gasteiger partial charge in [-0.2, -0.15) is 18.7 Å². The zero-order chi connectivity index (χ0) is 16.8. The second-order valence-corrected chi connectivity index (χ2v) is 5.13. The van der Waals surface area contributed by atoms with Crippen molar-refractivity contribution < 1.29 is 8.78 Å². The molecule has 0 radical (unpaired) electrons. The number of imidazole rings is 1. The summed E-state index contributed by atoms with van der Waals surface area (Å²) in [6, 6.07) is 1.74. The van der Waals surface area contributed by atoms with E-state index >= 15 is 0 Å². The maximum atomic E-state index is 12.9. The first-order chi connectivity index (χ1) is 11.0. The van der Waals surface area contributed by atoms with Crippen LogP contribution in [0.4, 0.5) is 26.4 Å². The van der Waals surface area contributed by atoms with Crippen LogP contribution in [0.5, 0.6) is 0 Å². The van der Waals surface area contributed by atoms with E-state index in [1.165, 1.54) is 12.4 Å². The van der Waals surface area contributed by atoms with E-state index in [1.54, 1.807) is 18.0 Å². The Morgan fingerprint density at radius 3 is 2.87 bits per heavy atom. The summed E-state index contributed by atoms with van der Waals surface area (Å²) in [6.07, 6.45) is 4.68. The number of nitrogen functional groups attached to an aromatic ring is 1. The molecule has 2 heterocycles. The van der Waals surface area contributed by atoms with Gasteiger partial charge >= 0.3 is 6.55 Å². The highest BCUT2D eigenvalue weighted by atomic mass is 19.3. The predicted octanol–water partition coefficient (Wildman–Crippen LogP) is 2.50. The third-order valence-corrected chi connectivity index (χ3v) is 3.30. The summed E-state index contributed by atoms with van der Waals surface area (Å²) in [7, 11) is 1.74. The average Bonchev–Trinajstić information content (AvgIpc) is 2.95. The summed E-state index contributed by atoms with van der Waals surface area (Å²) in [4.78, 5) is 13.9. The number of nitrogens with two attached hydrogens (primary N) is 1. The zero-order valence-corrected chi connectivity index (χ0v) is 13.2. The molecule has 23 heavy (non-hydrogen) atoms. The van der Waals surface area contributed by atoms with Gasteiger partial charge in [-0.15, -0.1) is 0 Å². The predicted molar refractivity (Wildman–Crippen MR) is 85.4 cm³/mol. The minimum absolute atomic E-state index is 0.130. The molecule has 2 aromatic rings. The van der Waals surface area contributed by atoms with Crippen LogP contribution >= 0.6 is 0 Å². The lowest BCUT2D eigenvalue weighted by Gasteiger charge is -2.19. The van der Waals surface area contributed by atoms with Crippen molar-refractivity contribution in [2.45, 2.75) is 32.9 Å². The van der Waals surface area contributed by atoms with Gasteiger partial charge < -0.3 is 16.0 Å². The zero-order valence-electron chi connectivity index (χ0n) is 13.2. The molecule has 0 unspecified atom stereocenters. The number of hydrogen-bond acceptors (Lipinski definition) is 6. The number of nitrogens with one attached hydrogen (secondary N) is 1. The van der Waals surface area contributed by atoms with Crippen molar-refractivity contribution in [3.8, 4) is 0 Å². The highest BCUT2D eigenvalue weighted by molar-refractivity contribution is 5.52. The maximum absolute atomic E-state index is 12.9. The Kier molecular flexibility index (Phi) is 5.67. The molecular weight excluding hydrogens is 304 g/mol. The van der Waals surface area contributed by atoms with Gasteiger partial charge in [-0.25, -0.2) is 4.98 Å². The van der Waals surface area contributed by atoms with E-state index in [4.69, 9.17) is 5.73 Å². The lowest BCUT2D eigenvalue weighted by atomic mass is 10.3. The van der Waals surface area contributed by atoms with Crippen LogP contribution in [0.2, 0.25) is 0 Å². The van der Waals surface area contributed by atoms with Gasteiger partial charge in [0.15, 0.2) is 0 Å². The van der Waals surface area contributed by atoms with Gasteiger partial charge in [0.1, 0.15) is 17.5 Å². The van der Waals surface area contributed by atoms with Crippen LogP contribution in [0.15, 0.2) is 18.5 Å². The maximum Gasteiger partial charge on any atom is 0.319 e. The van der Waals surface area contributed by atoms with Crippen LogP contribution < -0.4 is 16.0 Å². The molecule has 0 spiro atoms. The van der Waals surface area contributed by atoms with Crippen molar-refractivity contribution in [3.63, 3.8) is 0 Å². The van der Waals surface area contributed by atoms with Crippen molar-refractivity contribution in [1.82, 2.24) is 19.5 Å². The quantitative estimate of drug-likeness (QED) is 0.725. The third-order valence-electron chi connectivity index (χ3n) is 3.30. The van der Waals surface area contributed by atoms with E-state index in [2.05, 4.69) is 27.2 Å². The molecule has 126 valence electrons. The molecule has 0 amide bonds. The van der Waals surface area contributed by atoms with Crippen LogP contribution in [0, 0.1) is 0 Å². The normalized spacial score (nSPS) is 11.0. The Morgan fingerprint density at radius 1 is 1.39 bits per heavy atom. The lowest BCUT2D eigenvalue weighted by molar-refractivity contribution is 0.0670. The van der Waals surface area contributed by atoms with Crippen molar-refractivity contribution >= 4 is 17.6 Å². The third kappa shape index (κ3) is 4.51. The van der Waals surface area contributed by atoms with E-state index in [1.807, 2.05) is 0 Å². The monoisotopic (exact) mass is 325 g/mol. The molecule has 2 rings (SSSR count). The first kappa shape index (κ1) is 16.9. The van der Waals surface area contributed by atoms with Gasteiger partial charge in [0, 0.05) is 32.1 Å². The first-order valence-corrected chi connectivity index (χ1v) is 7.40. The van der Waals surface area contributed by atoms with Crippen molar-refractivity contribution in [2.24, 2.45) is 0 Å². The van der Waals surface area contributed by atoms with Gasteiger partial charge in [-0.3, -0.25) is 4.57 Å². The second-order valence-electron chi connectivity index (χ2n) is 5.13. The van der Waals surface area contributed by atoms with Crippen LogP contribution in [0.3, 0.4) is 0 Å². The SMILES string of the molecule is CCCCNc1cc(N(C)Cc2nccn2C(F)F)nc(N)n1. The molecule has 0 saturated heterocycles. The topological polar surface area (TPSA) is 84.9 Å². The number of nitrogens with zero attached hydrogens (tertiary/aromatic N) is 5. The Balaban J connectivity index is 2.12. The Bertz CT molecular complexity index is 629. The first-order valence-electron chi connectivity index (χ1n) is 7.40. The summed E-state index contributed by atoms with van der Waals surface area (Å²) >= 11 is 0. The number of rotatable bonds is 8. The number of hydrogen-bond donors (Lipinski definition) is 2. The van der Waals surface area contributed by atoms with Gasteiger partial charge in [-0.05, 0) is 6.42 Å². The summed E-state index contributed by atoms with van der Waals surface area (Å²) in [6.45, 7) is 0.441. The van der Waals surface area contributed by atoms with Crippen molar-refractivity contribution in [3.05, 3.63) is 24.3 Å². The summed E-state index contributed by atoms with van der Waals surface area (Å²) in [5.41, 5.74) is 5.72. The molecule has 0 saturated carbocycles.